The second-order valence-electron chi connectivity index (χ2n) is 9.02. The third-order valence-electron chi connectivity index (χ3n) is 6.77. The fourth-order valence-electron chi connectivity index (χ4n) is 4.70. The van der Waals surface area contributed by atoms with Crippen LogP contribution in [0.25, 0.3) is 10.8 Å². The van der Waals surface area contributed by atoms with Gasteiger partial charge in [0.15, 0.2) is 0 Å². The van der Waals surface area contributed by atoms with Crippen LogP contribution in [0.15, 0.2) is 83.3 Å². The standard InChI is InChI=1S/C30H28BrN3O4/c1-37-23-17-20(18-24(19-23)38-2)30(36)34-15-13-33(14-16-34)22-11-9-21(10-12-22)32-29(35)27-7-3-6-26-25(27)5-4-8-28(26)31/h3-12,17-19H,13-16H2,1-2H3,(H,32,35). The van der Waals surface area contributed by atoms with Crippen molar-refractivity contribution in [2.75, 3.05) is 50.6 Å². The summed E-state index contributed by atoms with van der Waals surface area (Å²) in [5.74, 6) is 0.988. The fraction of sp³-hybridized carbons (Fsp3) is 0.200. The summed E-state index contributed by atoms with van der Waals surface area (Å²) in [6, 6.07) is 24.6. The highest BCUT2D eigenvalue weighted by atomic mass is 79.9. The van der Waals surface area contributed by atoms with E-state index in [0.717, 1.165) is 26.6 Å². The maximum atomic E-state index is 13.1. The van der Waals surface area contributed by atoms with E-state index in [-0.39, 0.29) is 11.8 Å². The average molecular weight is 574 g/mol. The third-order valence-corrected chi connectivity index (χ3v) is 7.46. The van der Waals surface area contributed by atoms with E-state index in [4.69, 9.17) is 9.47 Å². The van der Waals surface area contributed by atoms with Crippen LogP contribution in [0.4, 0.5) is 11.4 Å². The molecule has 0 spiro atoms. The minimum absolute atomic E-state index is 0.0413. The molecular formula is C30H28BrN3O4. The first-order valence-electron chi connectivity index (χ1n) is 12.3. The Balaban J connectivity index is 1.21. The molecule has 0 radical (unpaired) electrons. The zero-order valence-corrected chi connectivity index (χ0v) is 22.8. The number of ether oxygens (including phenoxy) is 2. The molecule has 194 valence electrons. The number of methoxy groups -OCH3 is 2. The summed E-state index contributed by atoms with van der Waals surface area (Å²) in [6.07, 6.45) is 0. The van der Waals surface area contributed by atoms with Gasteiger partial charge in [-0.2, -0.15) is 0 Å². The third kappa shape index (κ3) is 5.31. The predicted octanol–water partition coefficient (Wildman–Crippen LogP) is 5.83. The molecule has 8 heteroatoms. The lowest BCUT2D eigenvalue weighted by molar-refractivity contribution is 0.0746. The number of rotatable bonds is 6. The number of hydrogen-bond acceptors (Lipinski definition) is 5. The molecule has 0 aliphatic carbocycles. The lowest BCUT2D eigenvalue weighted by Gasteiger charge is -2.36. The van der Waals surface area contributed by atoms with Gasteiger partial charge < -0.3 is 24.6 Å². The Hall–Kier alpha value is -4.04. The van der Waals surface area contributed by atoms with Crippen LogP contribution in [0.1, 0.15) is 20.7 Å². The van der Waals surface area contributed by atoms with Crippen molar-refractivity contribution in [3.05, 3.63) is 94.5 Å². The number of nitrogens with one attached hydrogen (secondary N) is 1. The molecule has 1 aliphatic heterocycles. The van der Waals surface area contributed by atoms with Gasteiger partial charge in [0.1, 0.15) is 11.5 Å². The Morgan fingerprint density at radius 2 is 1.42 bits per heavy atom. The monoisotopic (exact) mass is 573 g/mol. The first-order valence-corrected chi connectivity index (χ1v) is 13.1. The maximum Gasteiger partial charge on any atom is 0.256 e. The minimum atomic E-state index is -0.150. The summed E-state index contributed by atoms with van der Waals surface area (Å²) in [4.78, 5) is 30.2. The van der Waals surface area contributed by atoms with Crippen molar-refractivity contribution in [3.63, 3.8) is 0 Å². The van der Waals surface area contributed by atoms with Crippen molar-refractivity contribution in [3.8, 4) is 11.5 Å². The first kappa shape index (κ1) is 25.6. The van der Waals surface area contributed by atoms with E-state index in [0.29, 0.717) is 48.8 Å². The SMILES string of the molecule is COc1cc(OC)cc(C(=O)N2CCN(c3ccc(NC(=O)c4cccc5c(Br)cccc45)cc3)CC2)c1. The van der Waals surface area contributed by atoms with Crippen LogP contribution in [0.5, 0.6) is 11.5 Å². The van der Waals surface area contributed by atoms with E-state index in [1.807, 2.05) is 65.6 Å². The molecule has 1 heterocycles. The summed E-state index contributed by atoms with van der Waals surface area (Å²) >= 11 is 3.56. The lowest BCUT2D eigenvalue weighted by Crippen LogP contribution is -2.48. The van der Waals surface area contributed by atoms with Gasteiger partial charge in [-0.05, 0) is 59.3 Å². The molecule has 0 bridgehead atoms. The predicted molar refractivity (Wildman–Crippen MR) is 154 cm³/mol. The van der Waals surface area contributed by atoms with Gasteiger partial charge in [-0.3, -0.25) is 9.59 Å². The van der Waals surface area contributed by atoms with Crippen molar-refractivity contribution in [1.29, 1.82) is 0 Å². The Morgan fingerprint density at radius 3 is 2.08 bits per heavy atom. The van der Waals surface area contributed by atoms with Gasteiger partial charge in [0, 0.05) is 59.2 Å². The normalized spacial score (nSPS) is 13.3. The Bertz CT molecular complexity index is 1460. The highest BCUT2D eigenvalue weighted by Crippen LogP contribution is 2.28. The second-order valence-corrected chi connectivity index (χ2v) is 9.88. The van der Waals surface area contributed by atoms with E-state index in [1.165, 1.54) is 0 Å². The van der Waals surface area contributed by atoms with Crippen molar-refractivity contribution in [2.45, 2.75) is 0 Å². The minimum Gasteiger partial charge on any atom is -0.497 e. The Kier molecular flexibility index (Phi) is 7.51. The quantitative estimate of drug-likeness (QED) is 0.314. The molecule has 1 aliphatic rings. The zero-order valence-electron chi connectivity index (χ0n) is 21.2. The molecule has 0 unspecified atom stereocenters. The lowest BCUT2D eigenvalue weighted by atomic mass is 10.0. The number of hydrogen-bond donors (Lipinski definition) is 1. The van der Waals surface area contributed by atoms with E-state index >= 15 is 0 Å². The molecule has 4 aromatic carbocycles. The summed E-state index contributed by atoms with van der Waals surface area (Å²) in [5.41, 5.74) is 2.95. The number of piperazine rings is 1. The first-order chi connectivity index (χ1) is 18.5. The Labute approximate surface area is 230 Å². The van der Waals surface area contributed by atoms with E-state index in [9.17, 15) is 9.59 Å². The zero-order chi connectivity index (χ0) is 26.6. The summed E-state index contributed by atoms with van der Waals surface area (Å²) in [7, 11) is 3.14. The molecule has 7 nitrogen and oxygen atoms in total. The van der Waals surface area contributed by atoms with Crippen LogP contribution in [0.2, 0.25) is 0 Å². The molecule has 1 fully saturated rings. The number of fused-ring (bicyclic) bond motifs is 1. The molecule has 0 aromatic heterocycles. The van der Waals surface area contributed by atoms with Crippen LogP contribution in [0, 0.1) is 0 Å². The van der Waals surface area contributed by atoms with Gasteiger partial charge in [-0.1, -0.05) is 40.2 Å². The van der Waals surface area contributed by atoms with E-state index in [1.54, 1.807) is 32.4 Å². The van der Waals surface area contributed by atoms with Gasteiger partial charge in [0.05, 0.1) is 14.2 Å². The number of nitrogens with zero attached hydrogens (tertiary/aromatic N) is 2. The van der Waals surface area contributed by atoms with Crippen molar-refractivity contribution in [1.82, 2.24) is 4.90 Å². The summed E-state index contributed by atoms with van der Waals surface area (Å²) < 4.78 is 11.6. The number of benzene rings is 4. The second kappa shape index (κ2) is 11.1. The smallest absolute Gasteiger partial charge is 0.256 e. The average Bonchev–Trinajstić information content (AvgIpc) is 2.97. The highest BCUT2D eigenvalue weighted by molar-refractivity contribution is 9.10. The molecule has 0 saturated carbocycles. The van der Waals surface area contributed by atoms with Gasteiger partial charge in [-0.25, -0.2) is 0 Å². The molecule has 2 amide bonds. The van der Waals surface area contributed by atoms with E-state index < -0.39 is 0 Å². The molecule has 4 aromatic rings. The van der Waals surface area contributed by atoms with Crippen LogP contribution in [-0.2, 0) is 0 Å². The van der Waals surface area contributed by atoms with Crippen molar-refractivity contribution in [2.24, 2.45) is 0 Å². The molecule has 5 rings (SSSR count). The largest absolute Gasteiger partial charge is 0.497 e. The van der Waals surface area contributed by atoms with E-state index in [2.05, 4.69) is 26.1 Å². The van der Waals surface area contributed by atoms with Crippen LogP contribution in [0.3, 0.4) is 0 Å². The van der Waals surface area contributed by atoms with Gasteiger partial charge >= 0.3 is 0 Å². The fourth-order valence-corrected chi connectivity index (χ4v) is 5.20. The highest BCUT2D eigenvalue weighted by Gasteiger charge is 2.23. The van der Waals surface area contributed by atoms with Crippen LogP contribution < -0.4 is 19.7 Å². The molecular weight excluding hydrogens is 546 g/mol. The number of amides is 2. The van der Waals surface area contributed by atoms with Crippen molar-refractivity contribution >= 4 is 49.9 Å². The number of carbonyl (C=O) groups is 2. The molecule has 1 saturated heterocycles. The number of carbonyl (C=O) groups excluding carboxylic acids is 2. The van der Waals surface area contributed by atoms with Gasteiger partial charge in [0.25, 0.3) is 11.8 Å². The van der Waals surface area contributed by atoms with Crippen LogP contribution in [-0.4, -0.2) is 57.1 Å². The van der Waals surface area contributed by atoms with Gasteiger partial charge in [0.2, 0.25) is 0 Å². The molecule has 1 N–H and O–H groups in total. The number of halogens is 1. The Morgan fingerprint density at radius 1 is 0.789 bits per heavy atom. The summed E-state index contributed by atoms with van der Waals surface area (Å²) in [5, 5.41) is 4.91. The maximum absolute atomic E-state index is 13.1. The number of anilines is 2. The summed E-state index contributed by atoms with van der Waals surface area (Å²) in [6.45, 7) is 2.63. The topological polar surface area (TPSA) is 71.1 Å². The van der Waals surface area contributed by atoms with Crippen LogP contribution >= 0.6 is 15.9 Å². The molecule has 38 heavy (non-hydrogen) atoms. The molecule has 0 atom stereocenters. The van der Waals surface area contributed by atoms with Gasteiger partial charge in [-0.15, -0.1) is 0 Å². The van der Waals surface area contributed by atoms with Crippen molar-refractivity contribution < 1.29 is 19.1 Å².